The smallest absolute Gasteiger partial charge is 0.244 e. The Hall–Kier alpha value is -1.60. The first-order chi connectivity index (χ1) is 9.47. The fourth-order valence-electron chi connectivity index (χ4n) is 1.56. The zero-order valence-electron chi connectivity index (χ0n) is 11.5. The van der Waals surface area contributed by atoms with Crippen LogP contribution in [0.4, 0.5) is 5.13 Å². The number of amides is 1. The standard InChI is InChI=1S/C12H16ClN5OS/c1-8(18-6-9(13)4-15-18)11(19)14-5-10-7-20-12(16-10)17(2)3/h4,6-8H,5H2,1-3H3,(H,14,19). The van der Waals surface area contributed by atoms with Crippen molar-refractivity contribution >= 4 is 34.0 Å². The average Bonchev–Trinajstić information content (AvgIpc) is 3.03. The highest BCUT2D eigenvalue weighted by Crippen LogP contribution is 2.18. The van der Waals surface area contributed by atoms with Gasteiger partial charge in [0.15, 0.2) is 5.13 Å². The van der Waals surface area contributed by atoms with Gasteiger partial charge in [0.1, 0.15) is 6.04 Å². The molecule has 2 aromatic heterocycles. The first kappa shape index (κ1) is 14.8. The molecule has 1 unspecified atom stereocenters. The number of carbonyl (C=O) groups is 1. The van der Waals surface area contributed by atoms with E-state index in [4.69, 9.17) is 11.6 Å². The minimum Gasteiger partial charge on any atom is -0.354 e. The van der Waals surface area contributed by atoms with Gasteiger partial charge in [-0.1, -0.05) is 11.6 Å². The van der Waals surface area contributed by atoms with Gasteiger partial charge in [-0.2, -0.15) is 5.10 Å². The summed E-state index contributed by atoms with van der Waals surface area (Å²) in [6.07, 6.45) is 3.13. The van der Waals surface area contributed by atoms with Crippen molar-refractivity contribution in [3.05, 3.63) is 28.5 Å². The van der Waals surface area contributed by atoms with Crippen molar-refractivity contribution in [3.8, 4) is 0 Å². The Bertz CT molecular complexity index is 594. The number of hydrogen-bond donors (Lipinski definition) is 1. The molecular formula is C12H16ClN5OS. The van der Waals surface area contributed by atoms with Gasteiger partial charge in [-0.05, 0) is 6.92 Å². The summed E-state index contributed by atoms with van der Waals surface area (Å²) in [7, 11) is 3.87. The Balaban J connectivity index is 1.91. The van der Waals surface area contributed by atoms with Crippen molar-refractivity contribution in [2.45, 2.75) is 19.5 Å². The third-order valence-corrected chi connectivity index (χ3v) is 3.96. The summed E-state index contributed by atoms with van der Waals surface area (Å²) in [5, 5.41) is 10.2. The predicted octanol–water partition coefficient (Wildman–Crippen LogP) is 1.94. The Labute approximate surface area is 126 Å². The number of carbonyl (C=O) groups excluding carboxylic acids is 1. The maximum Gasteiger partial charge on any atom is 0.244 e. The van der Waals surface area contributed by atoms with Crippen LogP contribution in [-0.4, -0.2) is 34.8 Å². The number of rotatable bonds is 5. The zero-order chi connectivity index (χ0) is 14.7. The number of aromatic nitrogens is 3. The van der Waals surface area contributed by atoms with E-state index in [1.807, 2.05) is 24.4 Å². The monoisotopic (exact) mass is 313 g/mol. The lowest BCUT2D eigenvalue weighted by molar-refractivity contribution is -0.124. The molecule has 108 valence electrons. The number of thiazole rings is 1. The number of nitrogens with zero attached hydrogens (tertiary/aromatic N) is 4. The molecular weight excluding hydrogens is 298 g/mol. The number of hydrogen-bond acceptors (Lipinski definition) is 5. The quantitative estimate of drug-likeness (QED) is 0.916. The van der Waals surface area contributed by atoms with Gasteiger partial charge < -0.3 is 10.2 Å². The number of nitrogens with one attached hydrogen (secondary N) is 1. The van der Waals surface area contributed by atoms with Crippen molar-refractivity contribution in [1.82, 2.24) is 20.1 Å². The summed E-state index contributed by atoms with van der Waals surface area (Å²) >= 11 is 7.33. The predicted molar refractivity (Wildman–Crippen MR) is 80.2 cm³/mol. The van der Waals surface area contributed by atoms with Gasteiger partial charge in [-0.3, -0.25) is 9.48 Å². The lowest BCUT2D eigenvalue weighted by Gasteiger charge is -2.11. The average molecular weight is 314 g/mol. The molecule has 0 aromatic carbocycles. The van der Waals surface area contributed by atoms with E-state index in [0.717, 1.165) is 10.8 Å². The van der Waals surface area contributed by atoms with E-state index < -0.39 is 6.04 Å². The third kappa shape index (κ3) is 3.49. The number of anilines is 1. The van der Waals surface area contributed by atoms with Gasteiger partial charge in [-0.25, -0.2) is 4.98 Å². The largest absolute Gasteiger partial charge is 0.354 e. The molecule has 20 heavy (non-hydrogen) atoms. The van der Waals surface area contributed by atoms with E-state index >= 15 is 0 Å². The molecule has 2 heterocycles. The molecule has 0 radical (unpaired) electrons. The van der Waals surface area contributed by atoms with Gasteiger partial charge in [-0.15, -0.1) is 11.3 Å². The van der Waals surface area contributed by atoms with E-state index in [9.17, 15) is 4.79 Å². The van der Waals surface area contributed by atoms with E-state index in [-0.39, 0.29) is 5.91 Å². The van der Waals surface area contributed by atoms with Crippen molar-refractivity contribution in [1.29, 1.82) is 0 Å². The molecule has 0 bridgehead atoms. The summed E-state index contributed by atoms with van der Waals surface area (Å²) in [4.78, 5) is 18.4. The minimum atomic E-state index is -0.408. The SMILES string of the molecule is CC(C(=O)NCc1csc(N(C)C)n1)n1cc(Cl)cn1. The summed E-state index contributed by atoms with van der Waals surface area (Å²) in [5.74, 6) is -0.121. The fraction of sp³-hybridized carbons (Fsp3) is 0.417. The molecule has 1 N–H and O–H groups in total. The summed E-state index contributed by atoms with van der Waals surface area (Å²) < 4.78 is 1.53. The highest BCUT2D eigenvalue weighted by atomic mass is 35.5. The molecule has 0 saturated carbocycles. The van der Waals surface area contributed by atoms with Crippen molar-refractivity contribution in [3.63, 3.8) is 0 Å². The van der Waals surface area contributed by atoms with Crippen LogP contribution in [0.2, 0.25) is 5.02 Å². The first-order valence-corrected chi connectivity index (χ1v) is 7.32. The van der Waals surface area contributed by atoms with Crippen LogP contribution in [0.5, 0.6) is 0 Å². The van der Waals surface area contributed by atoms with E-state index in [0.29, 0.717) is 11.6 Å². The Morgan fingerprint density at radius 2 is 2.35 bits per heavy atom. The Kier molecular flexibility index (Phi) is 4.61. The molecule has 8 heteroatoms. The second-order valence-corrected chi connectivity index (χ2v) is 5.82. The van der Waals surface area contributed by atoms with E-state index in [2.05, 4.69) is 15.4 Å². The molecule has 0 fully saturated rings. The molecule has 2 aromatic rings. The molecule has 0 saturated heterocycles. The van der Waals surface area contributed by atoms with E-state index in [1.165, 1.54) is 10.9 Å². The van der Waals surface area contributed by atoms with Crippen LogP contribution in [0.1, 0.15) is 18.7 Å². The van der Waals surface area contributed by atoms with Crippen LogP contribution in [0, 0.1) is 0 Å². The van der Waals surface area contributed by atoms with Crippen LogP contribution in [0.25, 0.3) is 0 Å². The Morgan fingerprint density at radius 3 is 2.90 bits per heavy atom. The fourth-order valence-corrected chi connectivity index (χ4v) is 2.46. The summed E-state index contributed by atoms with van der Waals surface area (Å²) in [6, 6.07) is -0.408. The second kappa shape index (κ2) is 6.23. The van der Waals surface area contributed by atoms with Crippen LogP contribution in [0.3, 0.4) is 0 Å². The molecule has 6 nitrogen and oxygen atoms in total. The van der Waals surface area contributed by atoms with Gasteiger partial charge in [0.25, 0.3) is 0 Å². The maximum absolute atomic E-state index is 12.0. The molecule has 1 atom stereocenters. The first-order valence-electron chi connectivity index (χ1n) is 6.06. The van der Waals surface area contributed by atoms with Crippen molar-refractivity contribution < 1.29 is 4.79 Å². The molecule has 1 amide bonds. The van der Waals surface area contributed by atoms with Crippen molar-refractivity contribution in [2.75, 3.05) is 19.0 Å². The third-order valence-electron chi connectivity index (χ3n) is 2.71. The summed E-state index contributed by atoms with van der Waals surface area (Å²) in [6.45, 7) is 2.17. The van der Waals surface area contributed by atoms with Gasteiger partial charge >= 0.3 is 0 Å². The number of halogens is 1. The van der Waals surface area contributed by atoms with E-state index in [1.54, 1.807) is 24.5 Å². The second-order valence-electron chi connectivity index (χ2n) is 4.55. The van der Waals surface area contributed by atoms with Crippen LogP contribution in [0.15, 0.2) is 17.8 Å². The van der Waals surface area contributed by atoms with Gasteiger partial charge in [0.2, 0.25) is 5.91 Å². The zero-order valence-corrected chi connectivity index (χ0v) is 13.1. The minimum absolute atomic E-state index is 0.121. The molecule has 0 aliphatic heterocycles. The lowest BCUT2D eigenvalue weighted by atomic mass is 10.3. The van der Waals surface area contributed by atoms with Gasteiger partial charge in [0, 0.05) is 25.7 Å². The Morgan fingerprint density at radius 1 is 1.60 bits per heavy atom. The van der Waals surface area contributed by atoms with Crippen molar-refractivity contribution in [2.24, 2.45) is 0 Å². The molecule has 0 aliphatic rings. The van der Waals surface area contributed by atoms with Gasteiger partial charge in [0.05, 0.1) is 23.5 Å². The highest BCUT2D eigenvalue weighted by molar-refractivity contribution is 7.13. The summed E-state index contributed by atoms with van der Waals surface area (Å²) in [5.41, 5.74) is 0.845. The van der Waals surface area contributed by atoms with Crippen LogP contribution < -0.4 is 10.2 Å². The maximum atomic E-state index is 12.0. The molecule has 2 rings (SSSR count). The van der Waals surface area contributed by atoms with Crippen LogP contribution in [-0.2, 0) is 11.3 Å². The molecule has 0 spiro atoms. The lowest BCUT2D eigenvalue weighted by Crippen LogP contribution is -2.30. The normalized spacial score (nSPS) is 12.2. The molecule has 0 aliphatic carbocycles. The topological polar surface area (TPSA) is 63.1 Å². The van der Waals surface area contributed by atoms with Crippen LogP contribution >= 0.6 is 22.9 Å². The highest BCUT2D eigenvalue weighted by Gasteiger charge is 2.16.